The zero-order valence-corrected chi connectivity index (χ0v) is 10.7. The first-order chi connectivity index (χ1) is 8.66. The molecule has 1 aromatic carbocycles. The van der Waals surface area contributed by atoms with Crippen LogP contribution in [0.3, 0.4) is 0 Å². The van der Waals surface area contributed by atoms with E-state index in [1.54, 1.807) is 12.3 Å². The maximum atomic E-state index is 13.5. The van der Waals surface area contributed by atoms with Crippen LogP contribution in [0.15, 0.2) is 47.1 Å². The molecule has 0 saturated heterocycles. The zero-order chi connectivity index (χ0) is 13.0. The lowest BCUT2D eigenvalue weighted by Crippen LogP contribution is -2.30. The van der Waals surface area contributed by atoms with Crippen LogP contribution in [0.25, 0.3) is 0 Å². The van der Waals surface area contributed by atoms with E-state index in [4.69, 9.17) is 4.42 Å². The summed E-state index contributed by atoms with van der Waals surface area (Å²) in [5.74, 6) is 0.757. The van der Waals surface area contributed by atoms with Crippen LogP contribution in [-0.2, 0) is 6.42 Å². The van der Waals surface area contributed by atoms with Crippen molar-refractivity contribution in [1.29, 1.82) is 0 Å². The largest absolute Gasteiger partial charge is 0.468 e. The molecule has 2 atom stereocenters. The zero-order valence-electron chi connectivity index (χ0n) is 10.7. The van der Waals surface area contributed by atoms with Gasteiger partial charge in [0.2, 0.25) is 0 Å². The summed E-state index contributed by atoms with van der Waals surface area (Å²) < 4.78 is 18.8. The van der Waals surface area contributed by atoms with Gasteiger partial charge in [0.15, 0.2) is 0 Å². The standard InChI is InChI=1S/C15H18FNO/c1-11(10-13-6-3-4-7-14(13)16)17-12(2)15-8-5-9-18-15/h3-9,11-12,17H,10H2,1-2H3/t11?,12-/m0/s1. The Morgan fingerprint density at radius 3 is 2.61 bits per heavy atom. The molecule has 1 unspecified atom stereocenters. The van der Waals surface area contributed by atoms with Crippen molar-refractivity contribution >= 4 is 0 Å². The Bertz CT molecular complexity index is 481. The Balaban J connectivity index is 1.93. The van der Waals surface area contributed by atoms with Gasteiger partial charge in [-0.1, -0.05) is 18.2 Å². The van der Waals surface area contributed by atoms with Crippen molar-refractivity contribution in [3.05, 3.63) is 59.8 Å². The van der Waals surface area contributed by atoms with Crippen LogP contribution >= 0.6 is 0 Å². The molecule has 2 aromatic rings. The number of nitrogens with one attached hydrogen (secondary N) is 1. The minimum atomic E-state index is -0.142. The van der Waals surface area contributed by atoms with Crippen LogP contribution in [0.1, 0.15) is 31.2 Å². The molecule has 18 heavy (non-hydrogen) atoms. The number of benzene rings is 1. The number of rotatable bonds is 5. The van der Waals surface area contributed by atoms with Gasteiger partial charge in [-0.3, -0.25) is 0 Å². The minimum absolute atomic E-state index is 0.127. The highest BCUT2D eigenvalue weighted by molar-refractivity contribution is 5.18. The maximum Gasteiger partial charge on any atom is 0.126 e. The second-order valence-electron chi connectivity index (χ2n) is 4.60. The van der Waals surface area contributed by atoms with E-state index < -0.39 is 0 Å². The molecule has 0 saturated carbocycles. The molecule has 0 spiro atoms. The summed E-state index contributed by atoms with van der Waals surface area (Å²) in [6.45, 7) is 4.09. The van der Waals surface area contributed by atoms with Crippen molar-refractivity contribution in [2.24, 2.45) is 0 Å². The van der Waals surface area contributed by atoms with Gasteiger partial charge in [-0.15, -0.1) is 0 Å². The topological polar surface area (TPSA) is 25.2 Å². The van der Waals surface area contributed by atoms with Crippen molar-refractivity contribution in [1.82, 2.24) is 5.32 Å². The molecule has 0 bridgehead atoms. The molecule has 2 rings (SSSR count). The van der Waals surface area contributed by atoms with Crippen LogP contribution < -0.4 is 5.32 Å². The van der Waals surface area contributed by atoms with Gasteiger partial charge in [0.25, 0.3) is 0 Å². The van der Waals surface area contributed by atoms with Crippen molar-refractivity contribution in [2.45, 2.75) is 32.4 Å². The summed E-state index contributed by atoms with van der Waals surface area (Å²) in [7, 11) is 0. The van der Waals surface area contributed by atoms with Gasteiger partial charge in [-0.25, -0.2) is 4.39 Å². The third-order valence-corrected chi connectivity index (χ3v) is 2.99. The van der Waals surface area contributed by atoms with Gasteiger partial charge >= 0.3 is 0 Å². The fourth-order valence-electron chi connectivity index (χ4n) is 2.10. The fourth-order valence-corrected chi connectivity index (χ4v) is 2.10. The molecule has 0 aliphatic carbocycles. The average Bonchev–Trinajstić information content (AvgIpc) is 2.85. The first-order valence-electron chi connectivity index (χ1n) is 6.19. The van der Waals surface area contributed by atoms with E-state index in [-0.39, 0.29) is 17.9 Å². The van der Waals surface area contributed by atoms with Crippen molar-refractivity contribution in [3.63, 3.8) is 0 Å². The monoisotopic (exact) mass is 247 g/mol. The van der Waals surface area contributed by atoms with Crippen LogP contribution in [0.4, 0.5) is 4.39 Å². The molecular weight excluding hydrogens is 229 g/mol. The Morgan fingerprint density at radius 2 is 1.94 bits per heavy atom. The Labute approximate surface area is 107 Å². The predicted molar refractivity (Wildman–Crippen MR) is 69.8 cm³/mol. The second kappa shape index (κ2) is 5.83. The smallest absolute Gasteiger partial charge is 0.126 e. The molecule has 96 valence electrons. The van der Waals surface area contributed by atoms with Crippen LogP contribution in [0.2, 0.25) is 0 Å². The van der Waals surface area contributed by atoms with E-state index in [0.717, 1.165) is 11.3 Å². The molecule has 0 aliphatic heterocycles. The summed E-state index contributed by atoms with van der Waals surface area (Å²) in [4.78, 5) is 0. The molecule has 0 aliphatic rings. The first kappa shape index (κ1) is 12.8. The van der Waals surface area contributed by atoms with Gasteiger partial charge in [-0.2, -0.15) is 0 Å². The highest BCUT2D eigenvalue weighted by atomic mass is 19.1. The van der Waals surface area contributed by atoms with E-state index in [0.29, 0.717) is 6.42 Å². The predicted octanol–water partition coefficient (Wildman–Crippen LogP) is 3.70. The SMILES string of the molecule is CC(Cc1ccccc1F)N[C@@H](C)c1ccco1. The number of hydrogen-bond donors (Lipinski definition) is 1. The summed E-state index contributed by atoms with van der Waals surface area (Å²) >= 11 is 0. The van der Waals surface area contributed by atoms with E-state index in [2.05, 4.69) is 5.32 Å². The average molecular weight is 247 g/mol. The van der Waals surface area contributed by atoms with Crippen molar-refractivity contribution in [3.8, 4) is 0 Å². The van der Waals surface area contributed by atoms with Crippen LogP contribution in [0.5, 0.6) is 0 Å². The van der Waals surface area contributed by atoms with Gasteiger partial charge in [-0.05, 0) is 44.0 Å². The lowest BCUT2D eigenvalue weighted by molar-refractivity contribution is 0.395. The molecule has 2 nitrogen and oxygen atoms in total. The number of furan rings is 1. The molecule has 0 radical (unpaired) electrons. The van der Waals surface area contributed by atoms with Gasteiger partial charge in [0.05, 0.1) is 12.3 Å². The third-order valence-electron chi connectivity index (χ3n) is 2.99. The summed E-state index contributed by atoms with van der Waals surface area (Å²) in [6, 6.07) is 11.0. The van der Waals surface area contributed by atoms with Gasteiger partial charge < -0.3 is 9.73 Å². The van der Waals surface area contributed by atoms with Crippen molar-refractivity contribution in [2.75, 3.05) is 0 Å². The lowest BCUT2D eigenvalue weighted by Gasteiger charge is -2.18. The van der Waals surface area contributed by atoms with Gasteiger partial charge in [0, 0.05) is 6.04 Å². The quantitative estimate of drug-likeness (QED) is 0.871. The molecule has 0 fully saturated rings. The van der Waals surface area contributed by atoms with Gasteiger partial charge in [0.1, 0.15) is 11.6 Å². The van der Waals surface area contributed by atoms with E-state index in [9.17, 15) is 4.39 Å². The highest BCUT2D eigenvalue weighted by Crippen LogP contribution is 2.15. The minimum Gasteiger partial charge on any atom is -0.468 e. The number of halogens is 1. The second-order valence-corrected chi connectivity index (χ2v) is 4.60. The van der Waals surface area contributed by atoms with Crippen LogP contribution in [0, 0.1) is 5.82 Å². The van der Waals surface area contributed by atoms with Crippen LogP contribution in [-0.4, -0.2) is 6.04 Å². The molecule has 0 amide bonds. The summed E-state index contributed by atoms with van der Waals surface area (Å²) in [5.41, 5.74) is 0.740. The van der Waals surface area contributed by atoms with E-state index in [1.807, 2.05) is 38.1 Å². The van der Waals surface area contributed by atoms with Crippen molar-refractivity contribution < 1.29 is 8.81 Å². The molecule has 1 heterocycles. The Hall–Kier alpha value is -1.61. The summed E-state index contributed by atoms with van der Waals surface area (Å²) in [6.07, 6.45) is 2.33. The fraction of sp³-hybridized carbons (Fsp3) is 0.333. The maximum absolute atomic E-state index is 13.5. The molecule has 1 aromatic heterocycles. The normalized spacial score (nSPS) is 14.4. The van der Waals surface area contributed by atoms with E-state index >= 15 is 0 Å². The first-order valence-corrected chi connectivity index (χ1v) is 6.19. The molecule has 3 heteroatoms. The highest BCUT2D eigenvalue weighted by Gasteiger charge is 2.13. The molecular formula is C15H18FNO. The Kier molecular flexibility index (Phi) is 4.15. The Morgan fingerprint density at radius 1 is 1.17 bits per heavy atom. The third kappa shape index (κ3) is 3.20. The molecule has 1 N–H and O–H groups in total. The lowest BCUT2D eigenvalue weighted by atomic mass is 10.1. The summed E-state index contributed by atoms with van der Waals surface area (Å²) in [5, 5.41) is 3.40. The van der Waals surface area contributed by atoms with E-state index in [1.165, 1.54) is 6.07 Å². The number of hydrogen-bond acceptors (Lipinski definition) is 2.